The van der Waals surface area contributed by atoms with Gasteiger partial charge in [-0.15, -0.1) is 11.8 Å². The fourth-order valence-corrected chi connectivity index (χ4v) is 3.56. The minimum atomic E-state index is -0.0520. The molecular formula is C15H21N3O2S. The van der Waals surface area contributed by atoms with Crippen molar-refractivity contribution >= 4 is 23.4 Å². The lowest BCUT2D eigenvalue weighted by atomic mass is 10.2. The second-order valence-electron chi connectivity index (χ2n) is 5.29. The van der Waals surface area contributed by atoms with Crippen molar-refractivity contribution in [2.75, 3.05) is 42.8 Å². The van der Waals surface area contributed by atoms with Crippen molar-refractivity contribution in [3.63, 3.8) is 0 Å². The number of nitrogens with zero attached hydrogens (tertiary/aromatic N) is 1. The van der Waals surface area contributed by atoms with Gasteiger partial charge in [-0.1, -0.05) is 18.2 Å². The van der Waals surface area contributed by atoms with Gasteiger partial charge in [0.2, 0.25) is 5.91 Å². The van der Waals surface area contributed by atoms with Crippen LogP contribution in [0.25, 0.3) is 0 Å². The van der Waals surface area contributed by atoms with Crippen LogP contribution in [0.2, 0.25) is 0 Å². The minimum Gasteiger partial charge on any atom is -0.373 e. The summed E-state index contributed by atoms with van der Waals surface area (Å²) < 4.78 is 5.76. The van der Waals surface area contributed by atoms with Crippen molar-refractivity contribution < 1.29 is 9.53 Å². The molecule has 1 aromatic carbocycles. The van der Waals surface area contributed by atoms with Gasteiger partial charge in [0, 0.05) is 37.0 Å². The molecule has 2 saturated heterocycles. The molecule has 0 aromatic heterocycles. The molecule has 0 bridgehead atoms. The van der Waals surface area contributed by atoms with Crippen LogP contribution in [-0.4, -0.2) is 55.9 Å². The van der Waals surface area contributed by atoms with E-state index in [9.17, 15) is 4.79 Å². The molecule has 1 amide bonds. The van der Waals surface area contributed by atoms with E-state index in [4.69, 9.17) is 4.74 Å². The number of anilines is 1. The van der Waals surface area contributed by atoms with E-state index in [-0.39, 0.29) is 18.1 Å². The fourth-order valence-electron chi connectivity index (χ4n) is 2.62. The summed E-state index contributed by atoms with van der Waals surface area (Å²) in [5, 5.41) is 6.18. The Kier molecular flexibility index (Phi) is 5.00. The summed E-state index contributed by atoms with van der Waals surface area (Å²) in [6, 6.07) is 10.3. The van der Waals surface area contributed by atoms with Gasteiger partial charge in [-0.05, 0) is 12.1 Å². The van der Waals surface area contributed by atoms with Crippen LogP contribution in [0.3, 0.4) is 0 Å². The molecule has 114 valence electrons. The maximum absolute atomic E-state index is 12.0. The summed E-state index contributed by atoms with van der Waals surface area (Å²) in [7, 11) is 0. The summed E-state index contributed by atoms with van der Waals surface area (Å²) in [5.74, 6) is 1.80. The Morgan fingerprint density at radius 2 is 2.29 bits per heavy atom. The van der Waals surface area contributed by atoms with Crippen LogP contribution in [0, 0.1) is 0 Å². The third kappa shape index (κ3) is 3.90. The van der Waals surface area contributed by atoms with E-state index in [1.54, 1.807) is 11.8 Å². The van der Waals surface area contributed by atoms with E-state index in [2.05, 4.69) is 27.7 Å². The van der Waals surface area contributed by atoms with Gasteiger partial charge >= 0.3 is 0 Å². The summed E-state index contributed by atoms with van der Waals surface area (Å²) in [6.45, 7) is 2.99. The first-order chi connectivity index (χ1) is 10.3. The highest BCUT2D eigenvalue weighted by atomic mass is 32.2. The van der Waals surface area contributed by atoms with Crippen LogP contribution in [-0.2, 0) is 9.53 Å². The van der Waals surface area contributed by atoms with E-state index in [0.717, 1.165) is 24.7 Å². The highest BCUT2D eigenvalue weighted by Crippen LogP contribution is 2.17. The average molecular weight is 307 g/mol. The van der Waals surface area contributed by atoms with Crippen LogP contribution in [0.1, 0.15) is 0 Å². The lowest BCUT2D eigenvalue weighted by Gasteiger charge is -2.34. The van der Waals surface area contributed by atoms with Gasteiger partial charge in [-0.3, -0.25) is 10.1 Å². The molecule has 3 rings (SSSR count). The van der Waals surface area contributed by atoms with Crippen molar-refractivity contribution in [1.29, 1.82) is 0 Å². The summed E-state index contributed by atoms with van der Waals surface area (Å²) in [5.41, 5.74) is 1.21. The van der Waals surface area contributed by atoms with Crippen molar-refractivity contribution in [3.05, 3.63) is 30.3 Å². The van der Waals surface area contributed by atoms with Crippen molar-refractivity contribution in [2.45, 2.75) is 12.1 Å². The zero-order valence-electron chi connectivity index (χ0n) is 12.0. The molecule has 2 aliphatic rings. The number of hydrogen-bond acceptors (Lipinski definition) is 5. The molecule has 2 unspecified atom stereocenters. The predicted molar refractivity (Wildman–Crippen MR) is 85.7 cm³/mol. The van der Waals surface area contributed by atoms with E-state index in [1.807, 2.05) is 18.2 Å². The van der Waals surface area contributed by atoms with Gasteiger partial charge in [-0.2, -0.15) is 0 Å². The first-order valence-electron chi connectivity index (χ1n) is 7.33. The Hall–Kier alpha value is -1.24. The predicted octanol–water partition coefficient (Wildman–Crippen LogP) is 0.670. The molecule has 1 aromatic rings. The number of carbonyl (C=O) groups excluding carboxylic acids is 1. The smallest absolute Gasteiger partial charge is 0.238 e. The zero-order valence-corrected chi connectivity index (χ0v) is 12.8. The molecule has 5 nitrogen and oxygen atoms in total. The highest BCUT2D eigenvalue weighted by Gasteiger charge is 2.25. The first kappa shape index (κ1) is 14.7. The lowest BCUT2D eigenvalue weighted by Crippen LogP contribution is -2.50. The topological polar surface area (TPSA) is 53.6 Å². The second-order valence-corrected chi connectivity index (χ2v) is 6.32. The molecule has 2 fully saturated rings. The Bertz CT molecular complexity index is 465. The number of para-hydroxylation sites is 1. The van der Waals surface area contributed by atoms with Gasteiger partial charge in [0.25, 0.3) is 0 Å². The maximum atomic E-state index is 12.0. The Balaban J connectivity index is 1.48. The molecule has 0 saturated carbocycles. The molecule has 21 heavy (non-hydrogen) atoms. The number of amides is 1. The number of morpholine rings is 1. The van der Waals surface area contributed by atoms with E-state index < -0.39 is 0 Å². The molecular weight excluding hydrogens is 286 g/mol. The Labute approximate surface area is 129 Å². The number of rotatable bonds is 4. The Morgan fingerprint density at radius 1 is 1.43 bits per heavy atom. The number of thioether (sulfide) groups is 1. The third-order valence-electron chi connectivity index (χ3n) is 3.80. The van der Waals surface area contributed by atoms with Gasteiger partial charge in [0.1, 0.15) is 0 Å². The summed E-state index contributed by atoms with van der Waals surface area (Å²) >= 11 is 1.76. The molecule has 0 aliphatic carbocycles. The second kappa shape index (κ2) is 7.15. The standard InChI is InChI=1S/C15H21N3O2S/c19-15(14-10-21-11-17-14)16-8-13-9-18(6-7-20-13)12-4-2-1-3-5-12/h1-5,13-14,17H,6-11H2,(H,16,19). The molecule has 2 N–H and O–H groups in total. The molecule has 6 heteroatoms. The van der Waals surface area contributed by atoms with Crippen LogP contribution < -0.4 is 15.5 Å². The van der Waals surface area contributed by atoms with Gasteiger partial charge in [0.15, 0.2) is 0 Å². The van der Waals surface area contributed by atoms with Crippen LogP contribution in [0.5, 0.6) is 0 Å². The number of nitrogens with one attached hydrogen (secondary N) is 2. The molecule has 0 spiro atoms. The normalized spacial score (nSPS) is 25.8. The van der Waals surface area contributed by atoms with Crippen LogP contribution in [0.4, 0.5) is 5.69 Å². The van der Waals surface area contributed by atoms with Crippen molar-refractivity contribution in [3.8, 4) is 0 Å². The molecule has 2 heterocycles. The first-order valence-corrected chi connectivity index (χ1v) is 8.49. The third-order valence-corrected chi connectivity index (χ3v) is 4.74. The SMILES string of the molecule is O=C(NCC1CN(c2ccccc2)CCO1)C1CSCN1. The molecule has 0 radical (unpaired) electrons. The summed E-state index contributed by atoms with van der Waals surface area (Å²) in [4.78, 5) is 14.3. The van der Waals surface area contributed by atoms with E-state index in [1.165, 1.54) is 5.69 Å². The lowest BCUT2D eigenvalue weighted by molar-refractivity contribution is -0.123. The average Bonchev–Trinajstić information content (AvgIpc) is 3.08. The fraction of sp³-hybridized carbons (Fsp3) is 0.533. The highest BCUT2D eigenvalue weighted by molar-refractivity contribution is 7.99. The van der Waals surface area contributed by atoms with Crippen molar-refractivity contribution in [1.82, 2.24) is 10.6 Å². The number of hydrogen-bond donors (Lipinski definition) is 2. The van der Waals surface area contributed by atoms with E-state index in [0.29, 0.717) is 13.2 Å². The van der Waals surface area contributed by atoms with Crippen LogP contribution in [0.15, 0.2) is 30.3 Å². The van der Waals surface area contributed by atoms with Gasteiger partial charge < -0.3 is 15.0 Å². The molecule has 2 atom stereocenters. The van der Waals surface area contributed by atoms with Crippen molar-refractivity contribution in [2.24, 2.45) is 0 Å². The quantitative estimate of drug-likeness (QED) is 0.856. The van der Waals surface area contributed by atoms with Gasteiger partial charge in [0.05, 0.1) is 18.8 Å². The van der Waals surface area contributed by atoms with Crippen LogP contribution >= 0.6 is 11.8 Å². The maximum Gasteiger partial charge on any atom is 0.238 e. The van der Waals surface area contributed by atoms with E-state index >= 15 is 0 Å². The summed E-state index contributed by atoms with van der Waals surface area (Å²) in [6.07, 6.45) is 0.0527. The largest absolute Gasteiger partial charge is 0.373 e. The Morgan fingerprint density at radius 3 is 3.05 bits per heavy atom. The van der Waals surface area contributed by atoms with Gasteiger partial charge in [-0.25, -0.2) is 0 Å². The minimum absolute atomic E-state index is 0.0520. The number of carbonyl (C=O) groups is 1. The zero-order chi connectivity index (χ0) is 14.5. The monoisotopic (exact) mass is 307 g/mol. The number of ether oxygens (including phenoxy) is 1. The molecule has 2 aliphatic heterocycles. The number of benzene rings is 1.